The summed E-state index contributed by atoms with van der Waals surface area (Å²) in [5.74, 6) is 1.50. The molecule has 0 aliphatic carbocycles. The molecule has 60 valence electrons. The Balaban J connectivity index is 2.81. The van der Waals surface area contributed by atoms with E-state index in [1.807, 2.05) is 6.92 Å². The third-order valence-corrected chi connectivity index (χ3v) is 1.33. The summed E-state index contributed by atoms with van der Waals surface area (Å²) in [6.07, 6.45) is 3.38. The highest BCUT2D eigenvalue weighted by Crippen LogP contribution is 2.09. The van der Waals surface area contributed by atoms with Gasteiger partial charge in [0.2, 0.25) is 0 Å². The third kappa shape index (κ3) is 1.83. The molecule has 11 heavy (non-hydrogen) atoms. The van der Waals surface area contributed by atoms with Gasteiger partial charge in [0.15, 0.2) is 11.6 Å². The maximum absolute atomic E-state index is 5.28. The molecule has 3 nitrogen and oxygen atoms in total. The van der Waals surface area contributed by atoms with E-state index in [1.54, 1.807) is 12.3 Å². The van der Waals surface area contributed by atoms with Crippen LogP contribution in [0.3, 0.4) is 0 Å². The molecule has 1 heterocycles. The van der Waals surface area contributed by atoms with Gasteiger partial charge in [-0.15, -0.1) is 0 Å². The number of nitrogens with one attached hydrogen (secondary N) is 1. The molecule has 0 saturated heterocycles. The van der Waals surface area contributed by atoms with Crippen molar-refractivity contribution in [3.8, 4) is 0 Å². The van der Waals surface area contributed by atoms with Gasteiger partial charge in [0, 0.05) is 6.21 Å². The Bertz CT molecular complexity index is 206. The Morgan fingerprint density at radius 2 is 2.55 bits per heavy atom. The van der Waals surface area contributed by atoms with Crippen LogP contribution in [0.4, 0.5) is 0 Å². The fraction of sp³-hybridized carbons (Fsp3) is 0.375. The van der Waals surface area contributed by atoms with Crippen LogP contribution in [0.15, 0.2) is 29.2 Å². The predicted octanol–water partition coefficient (Wildman–Crippen LogP) is 1.05. The lowest BCUT2D eigenvalue weighted by molar-refractivity contribution is 0.203. The van der Waals surface area contributed by atoms with E-state index in [-0.39, 0.29) is 0 Å². The van der Waals surface area contributed by atoms with Gasteiger partial charge in [0.25, 0.3) is 0 Å². The van der Waals surface area contributed by atoms with Gasteiger partial charge in [0.1, 0.15) is 6.61 Å². The first-order valence-electron chi connectivity index (χ1n) is 3.60. The summed E-state index contributed by atoms with van der Waals surface area (Å²) in [7, 11) is 0. The molecule has 1 rings (SSSR count). The normalized spacial score (nSPS) is 17.9. The average molecular weight is 152 g/mol. The summed E-state index contributed by atoms with van der Waals surface area (Å²) in [5, 5.41) is 3.11. The lowest BCUT2D eigenvalue weighted by Crippen LogP contribution is -2.25. The molecule has 3 heteroatoms. The highest BCUT2D eigenvalue weighted by Gasteiger charge is 2.07. The molecule has 0 bridgehead atoms. The van der Waals surface area contributed by atoms with Crippen molar-refractivity contribution in [1.29, 1.82) is 0 Å². The average Bonchev–Trinajstić information content (AvgIpc) is 2.06. The van der Waals surface area contributed by atoms with Crippen LogP contribution in [0.1, 0.15) is 6.92 Å². The first kappa shape index (κ1) is 7.85. The van der Waals surface area contributed by atoms with Gasteiger partial charge in [-0.3, -0.25) is 0 Å². The summed E-state index contributed by atoms with van der Waals surface area (Å²) < 4.78 is 5.28. The van der Waals surface area contributed by atoms with Crippen LogP contribution >= 0.6 is 0 Å². The van der Waals surface area contributed by atoms with Gasteiger partial charge < -0.3 is 10.1 Å². The zero-order valence-corrected chi connectivity index (χ0v) is 6.63. The number of ether oxygens (including phenoxy) is 1. The molecule has 1 aliphatic rings. The molecular formula is C8H12N2O. The molecular weight excluding hydrogens is 140 g/mol. The Kier molecular flexibility index (Phi) is 2.72. The van der Waals surface area contributed by atoms with E-state index in [0.717, 1.165) is 18.1 Å². The highest BCUT2D eigenvalue weighted by molar-refractivity contribution is 5.55. The van der Waals surface area contributed by atoms with Crippen molar-refractivity contribution >= 4 is 6.21 Å². The summed E-state index contributed by atoms with van der Waals surface area (Å²) in [6.45, 7) is 6.98. The summed E-state index contributed by atoms with van der Waals surface area (Å²) in [5.41, 5.74) is 0. The van der Waals surface area contributed by atoms with Crippen molar-refractivity contribution < 1.29 is 4.74 Å². The van der Waals surface area contributed by atoms with E-state index in [9.17, 15) is 0 Å². The zero-order valence-electron chi connectivity index (χ0n) is 6.63. The minimum atomic E-state index is 0.685. The summed E-state index contributed by atoms with van der Waals surface area (Å²) in [4.78, 5) is 4.08. The molecule has 0 amide bonds. The second-order valence-electron chi connectivity index (χ2n) is 2.08. The SMILES string of the molecule is C=CC1=C(/N=C\C)NCCO1. The molecule has 0 unspecified atom stereocenters. The number of rotatable bonds is 2. The first-order chi connectivity index (χ1) is 5.38. The molecule has 0 saturated carbocycles. The fourth-order valence-corrected chi connectivity index (χ4v) is 0.880. The fourth-order valence-electron chi connectivity index (χ4n) is 0.880. The number of hydrogen-bond acceptors (Lipinski definition) is 3. The van der Waals surface area contributed by atoms with Crippen molar-refractivity contribution in [3.63, 3.8) is 0 Å². The maximum Gasteiger partial charge on any atom is 0.168 e. The van der Waals surface area contributed by atoms with Gasteiger partial charge in [-0.05, 0) is 13.0 Å². The Morgan fingerprint density at radius 1 is 1.73 bits per heavy atom. The standard InChI is InChI=1S/C8H12N2O/c1-3-7-8(9-4-2)10-5-6-11-7/h3-4,10H,1,5-6H2,2H3/b9-4-. The van der Waals surface area contributed by atoms with Crippen LogP contribution in [0.5, 0.6) is 0 Å². The maximum atomic E-state index is 5.28. The van der Waals surface area contributed by atoms with Crippen molar-refractivity contribution in [1.82, 2.24) is 5.32 Å². The van der Waals surface area contributed by atoms with Crippen LogP contribution in [-0.2, 0) is 4.74 Å². The van der Waals surface area contributed by atoms with Gasteiger partial charge in [-0.1, -0.05) is 6.58 Å². The molecule has 1 aliphatic heterocycles. The monoisotopic (exact) mass is 152 g/mol. The van der Waals surface area contributed by atoms with Crippen LogP contribution in [-0.4, -0.2) is 19.4 Å². The van der Waals surface area contributed by atoms with Crippen LogP contribution in [0.2, 0.25) is 0 Å². The molecule has 0 aromatic rings. The van der Waals surface area contributed by atoms with E-state index < -0.39 is 0 Å². The van der Waals surface area contributed by atoms with Gasteiger partial charge >= 0.3 is 0 Å². The highest BCUT2D eigenvalue weighted by atomic mass is 16.5. The van der Waals surface area contributed by atoms with Crippen LogP contribution in [0.25, 0.3) is 0 Å². The second kappa shape index (κ2) is 3.81. The van der Waals surface area contributed by atoms with E-state index in [4.69, 9.17) is 4.74 Å². The Hall–Kier alpha value is -1.25. The lowest BCUT2D eigenvalue weighted by Gasteiger charge is -2.17. The lowest BCUT2D eigenvalue weighted by atomic mass is 10.4. The third-order valence-electron chi connectivity index (χ3n) is 1.33. The van der Waals surface area contributed by atoms with Crippen molar-refractivity contribution in [3.05, 3.63) is 24.2 Å². The van der Waals surface area contributed by atoms with Crippen molar-refractivity contribution in [2.24, 2.45) is 4.99 Å². The molecule has 0 atom stereocenters. The summed E-state index contributed by atoms with van der Waals surface area (Å²) in [6, 6.07) is 0. The number of nitrogens with zero attached hydrogens (tertiary/aromatic N) is 1. The molecule has 0 spiro atoms. The zero-order chi connectivity index (χ0) is 8.10. The molecule has 0 fully saturated rings. The first-order valence-corrected chi connectivity index (χ1v) is 3.60. The van der Waals surface area contributed by atoms with Crippen LogP contribution < -0.4 is 5.32 Å². The number of aliphatic imine (C=N–C) groups is 1. The van der Waals surface area contributed by atoms with Gasteiger partial charge in [-0.25, -0.2) is 4.99 Å². The van der Waals surface area contributed by atoms with E-state index in [2.05, 4.69) is 16.9 Å². The summed E-state index contributed by atoms with van der Waals surface area (Å²) >= 11 is 0. The molecule has 1 N–H and O–H groups in total. The minimum Gasteiger partial charge on any atom is -0.488 e. The predicted molar refractivity (Wildman–Crippen MR) is 45.3 cm³/mol. The van der Waals surface area contributed by atoms with E-state index in [1.165, 1.54) is 0 Å². The van der Waals surface area contributed by atoms with Gasteiger partial charge in [-0.2, -0.15) is 0 Å². The Labute approximate surface area is 66.5 Å². The van der Waals surface area contributed by atoms with E-state index in [0.29, 0.717) is 6.61 Å². The van der Waals surface area contributed by atoms with E-state index >= 15 is 0 Å². The minimum absolute atomic E-state index is 0.685. The quantitative estimate of drug-likeness (QED) is 0.600. The molecule has 0 radical (unpaired) electrons. The second-order valence-corrected chi connectivity index (χ2v) is 2.08. The van der Waals surface area contributed by atoms with Gasteiger partial charge in [0.05, 0.1) is 6.54 Å². The topological polar surface area (TPSA) is 33.6 Å². The Morgan fingerprint density at radius 3 is 3.18 bits per heavy atom. The van der Waals surface area contributed by atoms with Crippen molar-refractivity contribution in [2.45, 2.75) is 6.92 Å². The number of hydrogen-bond donors (Lipinski definition) is 1. The van der Waals surface area contributed by atoms with Crippen LogP contribution in [0, 0.1) is 0 Å². The smallest absolute Gasteiger partial charge is 0.168 e. The molecule has 0 aromatic heterocycles. The largest absolute Gasteiger partial charge is 0.488 e. The van der Waals surface area contributed by atoms with Crippen molar-refractivity contribution in [2.75, 3.05) is 13.2 Å². The number of allylic oxidation sites excluding steroid dienone is 1. The molecule has 0 aromatic carbocycles.